The van der Waals surface area contributed by atoms with Crippen molar-refractivity contribution in [3.63, 3.8) is 0 Å². The van der Waals surface area contributed by atoms with Gasteiger partial charge in [-0.1, -0.05) is 71.7 Å². The summed E-state index contributed by atoms with van der Waals surface area (Å²) in [5.74, 6) is 0.00957. The average Bonchev–Trinajstić information content (AvgIpc) is 3.21. The summed E-state index contributed by atoms with van der Waals surface area (Å²) in [6.45, 7) is 1.53. The molecule has 0 bridgehead atoms. The molecule has 1 unspecified atom stereocenters. The molecule has 0 saturated heterocycles. The molecule has 160 valence electrons. The molecular weight excluding hydrogens is 439 g/mol. The van der Waals surface area contributed by atoms with Crippen molar-refractivity contribution in [3.05, 3.63) is 118 Å². The van der Waals surface area contributed by atoms with E-state index in [0.29, 0.717) is 22.2 Å². The summed E-state index contributed by atoms with van der Waals surface area (Å²) in [5.41, 5.74) is 4.93. The first-order chi connectivity index (χ1) is 15.6. The van der Waals surface area contributed by atoms with Crippen LogP contribution in [0.3, 0.4) is 0 Å². The van der Waals surface area contributed by atoms with Crippen LogP contribution < -0.4 is 0 Å². The Morgan fingerprint density at radius 2 is 1.53 bits per heavy atom. The van der Waals surface area contributed by atoms with Crippen LogP contribution in [0, 0.1) is 0 Å². The lowest BCUT2D eigenvalue weighted by Gasteiger charge is -2.31. The number of halogens is 2. The van der Waals surface area contributed by atoms with Crippen molar-refractivity contribution in [2.45, 2.75) is 19.0 Å². The molecule has 1 amide bonds. The Bertz CT molecular complexity index is 1250. The van der Waals surface area contributed by atoms with Crippen molar-refractivity contribution < 1.29 is 4.79 Å². The molecular formula is C27H22Cl2N2O. The highest BCUT2D eigenvalue weighted by atomic mass is 35.5. The summed E-state index contributed by atoms with van der Waals surface area (Å²) in [4.78, 5) is 15.7. The van der Waals surface area contributed by atoms with E-state index < -0.39 is 0 Å². The molecule has 3 nitrogen and oxygen atoms in total. The molecule has 3 aromatic carbocycles. The lowest BCUT2D eigenvalue weighted by molar-refractivity contribution is 0.0709. The van der Waals surface area contributed by atoms with Crippen molar-refractivity contribution in [2.24, 2.45) is 0 Å². The number of benzene rings is 3. The third kappa shape index (κ3) is 3.94. The highest BCUT2D eigenvalue weighted by Gasteiger charge is 2.31. The van der Waals surface area contributed by atoms with E-state index in [1.165, 1.54) is 0 Å². The molecule has 2 heterocycles. The molecule has 1 aliphatic heterocycles. The number of aromatic nitrogens is 1. The van der Waals surface area contributed by atoms with E-state index in [1.54, 1.807) is 6.07 Å². The number of carbonyl (C=O) groups excluding carboxylic acids is 1. The lowest BCUT2D eigenvalue weighted by atomic mass is 9.99. The van der Waals surface area contributed by atoms with E-state index in [2.05, 4.69) is 29.0 Å². The largest absolute Gasteiger partial charge is 0.349 e. The fourth-order valence-electron chi connectivity index (χ4n) is 4.43. The first-order valence-corrected chi connectivity index (χ1v) is 11.4. The van der Waals surface area contributed by atoms with Gasteiger partial charge in [-0.25, -0.2) is 0 Å². The van der Waals surface area contributed by atoms with Crippen molar-refractivity contribution >= 4 is 29.1 Å². The fraction of sp³-hybridized carbons (Fsp3) is 0.148. The predicted octanol–water partition coefficient (Wildman–Crippen LogP) is 7.10. The molecule has 5 heteroatoms. The third-order valence-corrected chi connectivity index (χ3v) is 6.75. The molecule has 4 aromatic rings. The maximum atomic E-state index is 13.7. The minimum absolute atomic E-state index is 0.00957. The first-order valence-electron chi connectivity index (χ1n) is 10.7. The van der Waals surface area contributed by atoms with Gasteiger partial charge in [-0.2, -0.15) is 0 Å². The number of fused-ring (bicyclic) bond motifs is 1. The van der Waals surface area contributed by atoms with Crippen LogP contribution in [-0.2, 0) is 6.54 Å². The second kappa shape index (κ2) is 8.85. The summed E-state index contributed by atoms with van der Waals surface area (Å²) in [7, 11) is 0. The second-order valence-electron chi connectivity index (χ2n) is 8.00. The van der Waals surface area contributed by atoms with E-state index in [0.717, 1.165) is 35.3 Å². The number of amides is 1. The van der Waals surface area contributed by atoms with Crippen LogP contribution >= 0.6 is 23.2 Å². The molecule has 1 atom stereocenters. The van der Waals surface area contributed by atoms with E-state index >= 15 is 0 Å². The Morgan fingerprint density at radius 3 is 2.28 bits per heavy atom. The zero-order valence-electron chi connectivity index (χ0n) is 17.4. The second-order valence-corrected chi connectivity index (χ2v) is 8.81. The van der Waals surface area contributed by atoms with Crippen LogP contribution in [0.15, 0.2) is 91.1 Å². The summed E-state index contributed by atoms with van der Waals surface area (Å²) < 4.78 is 2.22. The molecule has 5 rings (SSSR count). The van der Waals surface area contributed by atoms with Crippen LogP contribution in [0.1, 0.15) is 34.1 Å². The quantitative estimate of drug-likeness (QED) is 0.320. The molecule has 0 aliphatic carbocycles. The van der Waals surface area contributed by atoms with Crippen LogP contribution in [0.2, 0.25) is 10.0 Å². The summed E-state index contributed by atoms with van der Waals surface area (Å²) in [6, 6.07) is 27.5. The van der Waals surface area contributed by atoms with Gasteiger partial charge in [0.05, 0.1) is 16.1 Å². The lowest BCUT2D eigenvalue weighted by Crippen LogP contribution is -2.35. The summed E-state index contributed by atoms with van der Waals surface area (Å²) in [5, 5.41) is 1.000. The van der Waals surface area contributed by atoms with E-state index in [-0.39, 0.29) is 11.9 Å². The molecule has 0 fully saturated rings. The smallest absolute Gasteiger partial charge is 0.254 e. The first kappa shape index (κ1) is 20.9. The molecule has 0 saturated carbocycles. The van der Waals surface area contributed by atoms with Gasteiger partial charge in [0.2, 0.25) is 0 Å². The van der Waals surface area contributed by atoms with Crippen molar-refractivity contribution in [2.75, 3.05) is 6.54 Å². The number of carbonyl (C=O) groups is 1. The van der Waals surface area contributed by atoms with E-state index in [9.17, 15) is 4.79 Å². The third-order valence-electron chi connectivity index (χ3n) is 6.01. The zero-order chi connectivity index (χ0) is 22.1. The van der Waals surface area contributed by atoms with Crippen LogP contribution in [0.5, 0.6) is 0 Å². The SMILES string of the molecule is O=C(c1ccc(-c2ccccc2)cc1)N1CCCn2cccc2C1c1ccc(Cl)c(Cl)c1. The Morgan fingerprint density at radius 1 is 0.781 bits per heavy atom. The van der Waals surface area contributed by atoms with Gasteiger partial charge in [0.15, 0.2) is 0 Å². The Hall–Kier alpha value is -3.01. The Balaban J connectivity index is 1.52. The standard InChI is InChI=1S/C27H22Cl2N2O/c28-23-14-13-22(18-24(23)29)26-25-8-4-15-30(25)16-5-17-31(26)27(32)21-11-9-20(10-12-21)19-6-2-1-3-7-19/h1-4,6-15,18,26H,5,16-17H2. The minimum atomic E-state index is -0.233. The maximum Gasteiger partial charge on any atom is 0.254 e. The van der Waals surface area contributed by atoms with Gasteiger partial charge in [-0.15, -0.1) is 0 Å². The Kier molecular flexibility index (Phi) is 5.77. The van der Waals surface area contributed by atoms with Gasteiger partial charge >= 0.3 is 0 Å². The number of hydrogen-bond acceptors (Lipinski definition) is 1. The van der Waals surface area contributed by atoms with Gasteiger partial charge in [0, 0.05) is 30.5 Å². The van der Waals surface area contributed by atoms with Gasteiger partial charge in [-0.3, -0.25) is 4.79 Å². The van der Waals surface area contributed by atoms with Crippen LogP contribution in [-0.4, -0.2) is 21.9 Å². The van der Waals surface area contributed by atoms with E-state index in [1.807, 2.05) is 65.6 Å². The van der Waals surface area contributed by atoms with Gasteiger partial charge in [0.25, 0.3) is 5.91 Å². The molecule has 32 heavy (non-hydrogen) atoms. The van der Waals surface area contributed by atoms with E-state index in [4.69, 9.17) is 23.2 Å². The molecule has 1 aliphatic rings. The van der Waals surface area contributed by atoms with Gasteiger partial charge in [0.1, 0.15) is 0 Å². The topological polar surface area (TPSA) is 25.2 Å². The van der Waals surface area contributed by atoms with Crippen molar-refractivity contribution in [1.82, 2.24) is 9.47 Å². The van der Waals surface area contributed by atoms with Crippen molar-refractivity contribution in [3.8, 4) is 11.1 Å². The molecule has 0 spiro atoms. The number of rotatable bonds is 3. The summed E-state index contributed by atoms with van der Waals surface area (Å²) >= 11 is 12.5. The monoisotopic (exact) mass is 460 g/mol. The minimum Gasteiger partial charge on any atom is -0.349 e. The van der Waals surface area contributed by atoms with Crippen molar-refractivity contribution in [1.29, 1.82) is 0 Å². The average molecular weight is 461 g/mol. The molecule has 0 N–H and O–H groups in total. The Labute approximate surface area is 197 Å². The fourth-order valence-corrected chi connectivity index (χ4v) is 4.74. The maximum absolute atomic E-state index is 13.7. The van der Waals surface area contributed by atoms with Gasteiger partial charge < -0.3 is 9.47 Å². The molecule has 1 aromatic heterocycles. The van der Waals surface area contributed by atoms with Crippen LogP contribution in [0.25, 0.3) is 11.1 Å². The highest BCUT2D eigenvalue weighted by Crippen LogP contribution is 2.36. The molecule has 0 radical (unpaired) electrons. The number of aryl methyl sites for hydroxylation is 1. The number of nitrogens with zero attached hydrogens (tertiary/aromatic N) is 2. The zero-order valence-corrected chi connectivity index (χ0v) is 18.9. The van der Waals surface area contributed by atoms with Crippen LogP contribution in [0.4, 0.5) is 0 Å². The van der Waals surface area contributed by atoms with Gasteiger partial charge in [-0.05, 0) is 59.5 Å². The predicted molar refractivity (Wildman–Crippen MR) is 130 cm³/mol. The number of hydrogen-bond donors (Lipinski definition) is 0. The highest BCUT2D eigenvalue weighted by molar-refractivity contribution is 6.42. The normalized spacial score (nSPS) is 15.8. The summed E-state index contributed by atoms with van der Waals surface area (Å²) in [6.07, 6.45) is 2.95.